The Morgan fingerprint density at radius 1 is 1.47 bits per heavy atom. The predicted molar refractivity (Wildman–Crippen MR) is 57.9 cm³/mol. The van der Waals surface area contributed by atoms with Crippen molar-refractivity contribution in [1.82, 2.24) is 10.2 Å². The van der Waals surface area contributed by atoms with Gasteiger partial charge >= 0.3 is 0 Å². The van der Waals surface area contributed by atoms with Crippen molar-refractivity contribution in [3.63, 3.8) is 0 Å². The Balaban J connectivity index is 1.70. The van der Waals surface area contributed by atoms with E-state index in [9.17, 15) is 0 Å². The number of rotatable bonds is 3. The zero-order chi connectivity index (χ0) is 10.7. The molecule has 86 valence electrons. The third-order valence-corrected chi connectivity index (χ3v) is 2.82. The first-order valence-corrected chi connectivity index (χ1v) is 5.47. The molecule has 15 heavy (non-hydrogen) atoms. The van der Waals surface area contributed by atoms with Gasteiger partial charge in [0.1, 0.15) is 0 Å². The molecule has 0 spiro atoms. The summed E-state index contributed by atoms with van der Waals surface area (Å²) in [6.45, 7) is 6.13. The standard InChI is InChI=1S/C10H19N3O2/c1-10(14-7-8-15-10)3-4-11-9-12-5-6-13(9)2/h3-8H2,1-2H3,(H,11,12). The molecule has 1 N–H and O–H groups in total. The van der Waals surface area contributed by atoms with Crippen LogP contribution in [0.3, 0.4) is 0 Å². The van der Waals surface area contributed by atoms with Crippen molar-refractivity contribution in [2.24, 2.45) is 4.99 Å². The summed E-state index contributed by atoms with van der Waals surface area (Å²) in [6.07, 6.45) is 0.847. The van der Waals surface area contributed by atoms with Crippen molar-refractivity contribution in [2.45, 2.75) is 19.1 Å². The highest BCUT2D eigenvalue weighted by molar-refractivity contribution is 5.81. The van der Waals surface area contributed by atoms with Crippen LogP contribution < -0.4 is 5.32 Å². The second-order valence-electron chi connectivity index (χ2n) is 4.13. The van der Waals surface area contributed by atoms with Gasteiger partial charge in [-0.3, -0.25) is 4.99 Å². The van der Waals surface area contributed by atoms with E-state index in [0.29, 0.717) is 13.2 Å². The number of aliphatic imine (C=N–C) groups is 1. The summed E-state index contributed by atoms with van der Waals surface area (Å²) in [5, 5.41) is 3.30. The highest BCUT2D eigenvalue weighted by atomic mass is 16.7. The highest BCUT2D eigenvalue weighted by Gasteiger charge is 2.30. The van der Waals surface area contributed by atoms with E-state index in [1.807, 2.05) is 14.0 Å². The molecule has 2 aliphatic heterocycles. The lowest BCUT2D eigenvalue weighted by Crippen LogP contribution is -2.39. The molecule has 0 amide bonds. The minimum Gasteiger partial charge on any atom is -0.356 e. The Labute approximate surface area is 90.4 Å². The van der Waals surface area contributed by atoms with Gasteiger partial charge in [-0.2, -0.15) is 0 Å². The minimum atomic E-state index is -0.398. The molecule has 0 unspecified atom stereocenters. The smallest absolute Gasteiger partial charge is 0.193 e. The van der Waals surface area contributed by atoms with Crippen LogP contribution in [-0.2, 0) is 9.47 Å². The fraction of sp³-hybridized carbons (Fsp3) is 0.900. The normalized spacial score (nSPS) is 24.4. The van der Waals surface area contributed by atoms with Gasteiger partial charge in [0.05, 0.1) is 19.8 Å². The van der Waals surface area contributed by atoms with Crippen molar-refractivity contribution in [3.8, 4) is 0 Å². The van der Waals surface area contributed by atoms with Gasteiger partial charge in [-0.25, -0.2) is 0 Å². The summed E-state index contributed by atoms with van der Waals surface area (Å²) < 4.78 is 11.0. The second-order valence-corrected chi connectivity index (χ2v) is 4.13. The summed E-state index contributed by atoms with van der Waals surface area (Å²) in [4.78, 5) is 6.48. The van der Waals surface area contributed by atoms with Gasteiger partial charge in [0, 0.05) is 26.6 Å². The van der Waals surface area contributed by atoms with E-state index in [-0.39, 0.29) is 0 Å². The molecule has 0 aromatic heterocycles. The SMILES string of the molecule is CN1CCN=C1NCCC1(C)OCCO1. The molecule has 0 aromatic carbocycles. The number of ether oxygens (including phenoxy) is 2. The van der Waals surface area contributed by atoms with Crippen LogP contribution in [0, 0.1) is 0 Å². The fourth-order valence-corrected chi connectivity index (χ4v) is 1.83. The summed E-state index contributed by atoms with van der Waals surface area (Å²) in [5.74, 6) is 0.585. The van der Waals surface area contributed by atoms with Crippen molar-refractivity contribution in [3.05, 3.63) is 0 Å². The number of nitrogens with one attached hydrogen (secondary N) is 1. The Kier molecular flexibility index (Phi) is 3.11. The molecule has 0 saturated carbocycles. The number of likely N-dealkylation sites (N-methyl/N-ethyl adjacent to an activating group) is 1. The van der Waals surface area contributed by atoms with Crippen molar-refractivity contribution < 1.29 is 9.47 Å². The maximum atomic E-state index is 5.52. The Bertz CT molecular complexity index is 249. The van der Waals surface area contributed by atoms with E-state index in [1.54, 1.807) is 0 Å². The number of hydrogen-bond acceptors (Lipinski definition) is 5. The van der Waals surface area contributed by atoms with Crippen LogP contribution in [0.2, 0.25) is 0 Å². The number of hydrogen-bond donors (Lipinski definition) is 1. The zero-order valence-corrected chi connectivity index (χ0v) is 9.45. The monoisotopic (exact) mass is 213 g/mol. The van der Waals surface area contributed by atoms with E-state index in [1.165, 1.54) is 0 Å². The van der Waals surface area contributed by atoms with E-state index < -0.39 is 5.79 Å². The fourth-order valence-electron chi connectivity index (χ4n) is 1.83. The summed E-state index contributed by atoms with van der Waals surface area (Å²) in [6, 6.07) is 0. The second kappa shape index (κ2) is 4.37. The van der Waals surface area contributed by atoms with Crippen LogP contribution in [0.5, 0.6) is 0 Å². The van der Waals surface area contributed by atoms with E-state index >= 15 is 0 Å². The lowest BCUT2D eigenvalue weighted by molar-refractivity contribution is -0.145. The molecule has 2 rings (SSSR count). The molecule has 0 bridgehead atoms. The van der Waals surface area contributed by atoms with Gasteiger partial charge in [0.2, 0.25) is 0 Å². The van der Waals surface area contributed by atoms with Gasteiger partial charge in [-0.15, -0.1) is 0 Å². The molecule has 0 aliphatic carbocycles. The zero-order valence-electron chi connectivity index (χ0n) is 9.45. The van der Waals surface area contributed by atoms with Gasteiger partial charge in [-0.05, 0) is 6.92 Å². The van der Waals surface area contributed by atoms with Crippen LogP contribution in [-0.4, -0.2) is 56.5 Å². The molecule has 5 nitrogen and oxygen atoms in total. The average molecular weight is 213 g/mol. The predicted octanol–water partition coefficient (Wildman–Crippen LogP) is 0.0305. The van der Waals surface area contributed by atoms with Crippen LogP contribution in [0.4, 0.5) is 0 Å². The first-order chi connectivity index (χ1) is 7.20. The van der Waals surface area contributed by atoms with Crippen LogP contribution in [0.25, 0.3) is 0 Å². The van der Waals surface area contributed by atoms with Crippen LogP contribution in [0.1, 0.15) is 13.3 Å². The molecule has 0 atom stereocenters. The van der Waals surface area contributed by atoms with E-state index in [4.69, 9.17) is 9.47 Å². The molecule has 1 fully saturated rings. The largest absolute Gasteiger partial charge is 0.356 e. The summed E-state index contributed by atoms with van der Waals surface area (Å²) in [5.41, 5.74) is 0. The van der Waals surface area contributed by atoms with Crippen LogP contribution in [0.15, 0.2) is 4.99 Å². The third kappa shape index (κ3) is 2.60. The topological polar surface area (TPSA) is 46.1 Å². The number of nitrogens with zero attached hydrogens (tertiary/aromatic N) is 2. The summed E-state index contributed by atoms with van der Waals surface area (Å²) >= 11 is 0. The molecule has 2 heterocycles. The highest BCUT2D eigenvalue weighted by Crippen LogP contribution is 2.21. The Hall–Kier alpha value is -0.810. The molecule has 1 saturated heterocycles. The van der Waals surface area contributed by atoms with Crippen molar-refractivity contribution in [1.29, 1.82) is 0 Å². The van der Waals surface area contributed by atoms with Crippen molar-refractivity contribution in [2.75, 3.05) is 39.9 Å². The average Bonchev–Trinajstić information content (AvgIpc) is 2.78. The maximum absolute atomic E-state index is 5.52. The molecule has 5 heteroatoms. The minimum absolute atomic E-state index is 0.398. The number of guanidine groups is 1. The lowest BCUT2D eigenvalue weighted by Gasteiger charge is -2.23. The van der Waals surface area contributed by atoms with Gasteiger partial charge < -0.3 is 19.7 Å². The molecule has 2 aliphatic rings. The van der Waals surface area contributed by atoms with Crippen LogP contribution >= 0.6 is 0 Å². The maximum Gasteiger partial charge on any atom is 0.193 e. The molecule has 0 aromatic rings. The lowest BCUT2D eigenvalue weighted by atomic mass is 10.2. The molecule has 0 radical (unpaired) electrons. The quantitative estimate of drug-likeness (QED) is 0.718. The molecular formula is C10H19N3O2. The van der Waals surface area contributed by atoms with Crippen molar-refractivity contribution >= 4 is 5.96 Å². The Morgan fingerprint density at radius 2 is 2.20 bits per heavy atom. The molecular weight excluding hydrogens is 194 g/mol. The van der Waals surface area contributed by atoms with Gasteiger partial charge in [0.25, 0.3) is 0 Å². The van der Waals surface area contributed by atoms with E-state index in [0.717, 1.165) is 32.0 Å². The third-order valence-electron chi connectivity index (χ3n) is 2.82. The van der Waals surface area contributed by atoms with E-state index in [2.05, 4.69) is 15.2 Å². The van der Waals surface area contributed by atoms with Gasteiger partial charge in [0.15, 0.2) is 11.7 Å². The van der Waals surface area contributed by atoms with Gasteiger partial charge in [-0.1, -0.05) is 0 Å². The first-order valence-electron chi connectivity index (χ1n) is 5.47. The summed E-state index contributed by atoms with van der Waals surface area (Å²) in [7, 11) is 2.04. The Morgan fingerprint density at radius 3 is 2.80 bits per heavy atom. The first kappa shape index (κ1) is 10.7.